The fourth-order valence-electron chi connectivity index (χ4n) is 4.59. The first-order valence-electron chi connectivity index (χ1n) is 11.3. The molecule has 166 valence electrons. The Morgan fingerprint density at radius 1 is 1.16 bits per heavy atom. The zero-order valence-electron chi connectivity index (χ0n) is 18.8. The molecule has 4 heterocycles. The van der Waals surface area contributed by atoms with Gasteiger partial charge in [-0.15, -0.1) is 0 Å². The van der Waals surface area contributed by atoms with E-state index in [0.717, 1.165) is 71.5 Å². The average Bonchev–Trinajstić information content (AvgIpc) is 3.43. The molecule has 0 bridgehead atoms. The molecule has 32 heavy (non-hydrogen) atoms. The second-order valence-electron chi connectivity index (χ2n) is 8.38. The molecule has 0 aliphatic heterocycles. The van der Waals surface area contributed by atoms with Gasteiger partial charge in [0.1, 0.15) is 17.3 Å². The molecule has 8 heteroatoms. The van der Waals surface area contributed by atoms with Gasteiger partial charge in [-0.3, -0.25) is 14.3 Å². The number of nitrogens with zero attached hydrogens (tertiary/aromatic N) is 6. The maximum atomic E-state index is 6.34. The summed E-state index contributed by atoms with van der Waals surface area (Å²) in [5, 5.41) is 13.6. The van der Waals surface area contributed by atoms with Crippen LogP contribution in [0.5, 0.6) is 5.75 Å². The molecule has 1 N–H and O–H groups in total. The number of fused-ring (bicyclic) bond motifs is 1. The molecule has 0 saturated heterocycles. The number of hydrogen-bond donors (Lipinski definition) is 1. The topological polar surface area (TPSA) is 82.7 Å². The summed E-state index contributed by atoms with van der Waals surface area (Å²) in [6, 6.07) is 6.40. The molecule has 1 aliphatic carbocycles. The number of hydrogen-bond acceptors (Lipinski definition) is 6. The summed E-state index contributed by atoms with van der Waals surface area (Å²) in [6.07, 6.45) is 12.7. The summed E-state index contributed by atoms with van der Waals surface area (Å²) in [4.78, 5) is 8.99. The molecule has 1 aliphatic rings. The Kier molecular flexibility index (Phi) is 5.51. The van der Waals surface area contributed by atoms with Crippen molar-refractivity contribution in [1.82, 2.24) is 29.5 Å². The van der Waals surface area contributed by atoms with E-state index < -0.39 is 0 Å². The van der Waals surface area contributed by atoms with E-state index in [4.69, 9.17) is 9.84 Å². The Balaban J connectivity index is 1.40. The molecule has 0 atom stereocenters. The average molecular weight is 432 g/mol. The van der Waals surface area contributed by atoms with E-state index in [9.17, 15) is 0 Å². The molecule has 4 aromatic heterocycles. The SMILES string of the molecule is CCc1ncccc1OC1CCC(n2nc(-c3cnn(C)c3)c3cnc(NC)cc32)CC1. The van der Waals surface area contributed by atoms with E-state index in [1.54, 1.807) is 4.68 Å². The van der Waals surface area contributed by atoms with Crippen molar-refractivity contribution in [3.05, 3.63) is 48.7 Å². The summed E-state index contributed by atoms with van der Waals surface area (Å²) in [5.74, 6) is 1.77. The number of rotatable bonds is 6. The van der Waals surface area contributed by atoms with Gasteiger partial charge >= 0.3 is 0 Å². The number of nitrogens with one attached hydrogen (secondary N) is 1. The Labute approximate surface area is 187 Å². The minimum Gasteiger partial charge on any atom is -0.489 e. The molecule has 0 spiro atoms. The second-order valence-corrected chi connectivity index (χ2v) is 8.38. The van der Waals surface area contributed by atoms with Crippen molar-refractivity contribution in [1.29, 1.82) is 0 Å². The first kappa shape index (κ1) is 20.5. The standard InChI is InChI=1S/C24H29N7O/c1-4-20-22(6-5-11-26-20)32-18-9-7-17(8-10-18)31-21-12-23(25-2)27-14-19(21)24(29-31)16-13-28-30(3)15-16/h5-6,11-15,17-18H,4,7-10H2,1-3H3,(H,25,27). The molecule has 5 rings (SSSR count). The van der Waals surface area contributed by atoms with Crippen LogP contribution in [-0.4, -0.2) is 42.7 Å². The summed E-state index contributed by atoms with van der Waals surface area (Å²) < 4.78 is 10.3. The van der Waals surface area contributed by atoms with Gasteiger partial charge in [-0.25, -0.2) is 4.98 Å². The van der Waals surface area contributed by atoms with Crippen molar-refractivity contribution < 1.29 is 4.74 Å². The van der Waals surface area contributed by atoms with Crippen LogP contribution in [0.2, 0.25) is 0 Å². The number of anilines is 1. The smallest absolute Gasteiger partial charge is 0.141 e. The van der Waals surface area contributed by atoms with Crippen LogP contribution in [0.25, 0.3) is 22.2 Å². The predicted octanol–water partition coefficient (Wildman–Crippen LogP) is 4.39. The van der Waals surface area contributed by atoms with Crippen LogP contribution >= 0.6 is 0 Å². The zero-order valence-corrected chi connectivity index (χ0v) is 18.8. The van der Waals surface area contributed by atoms with Crippen LogP contribution in [0.3, 0.4) is 0 Å². The lowest BCUT2D eigenvalue weighted by Crippen LogP contribution is -2.26. The highest BCUT2D eigenvalue weighted by molar-refractivity contribution is 5.93. The van der Waals surface area contributed by atoms with E-state index >= 15 is 0 Å². The van der Waals surface area contributed by atoms with Gasteiger partial charge in [-0.05, 0) is 44.2 Å². The monoisotopic (exact) mass is 431 g/mol. The van der Waals surface area contributed by atoms with Gasteiger partial charge in [0.05, 0.1) is 29.6 Å². The lowest BCUT2D eigenvalue weighted by Gasteiger charge is -2.30. The first-order chi connectivity index (χ1) is 15.7. The van der Waals surface area contributed by atoms with Crippen LogP contribution in [0, 0.1) is 0 Å². The number of aryl methyl sites for hydroxylation is 2. The van der Waals surface area contributed by atoms with Gasteiger partial charge in [0.15, 0.2) is 0 Å². The maximum Gasteiger partial charge on any atom is 0.141 e. The van der Waals surface area contributed by atoms with Crippen molar-refractivity contribution >= 4 is 16.7 Å². The molecule has 0 radical (unpaired) electrons. The van der Waals surface area contributed by atoms with Gasteiger partial charge in [0.2, 0.25) is 0 Å². The summed E-state index contributed by atoms with van der Waals surface area (Å²) in [6.45, 7) is 2.11. The fraction of sp³-hybridized carbons (Fsp3) is 0.417. The molecule has 1 fully saturated rings. The van der Waals surface area contributed by atoms with Gasteiger partial charge in [-0.2, -0.15) is 10.2 Å². The van der Waals surface area contributed by atoms with E-state index in [-0.39, 0.29) is 6.10 Å². The quantitative estimate of drug-likeness (QED) is 0.487. The number of aromatic nitrogens is 6. The van der Waals surface area contributed by atoms with E-state index in [1.807, 2.05) is 51.0 Å². The molecule has 0 unspecified atom stereocenters. The Morgan fingerprint density at radius 2 is 2.00 bits per heavy atom. The molecule has 0 aromatic carbocycles. The second kappa shape index (κ2) is 8.61. The van der Waals surface area contributed by atoms with Crippen molar-refractivity contribution in [3.8, 4) is 17.0 Å². The van der Waals surface area contributed by atoms with Crippen molar-refractivity contribution in [3.63, 3.8) is 0 Å². The summed E-state index contributed by atoms with van der Waals surface area (Å²) >= 11 is 0. The lowest BCUT2D eigenvalue weighted by atomic mass is 9.93. The Hall–Kier alpha value is -3.42. The minimum atomic E-state index is 0.218. The van der Waals surface area contributed by atoms with Crippen molar-refractivity contribution in [2.75, 3.05) is 12.4 Å². The van der Waals surface area contributed by atoms with E-state index in [1.165, 1.54) is 0 Å². The number of ether oxygens (including phenoxy) is 1. The van der Waals surface area contributed by atoms with E-state index in [0.29, 0.717) is 6.04 Å². The highest BCUT2D eigenvalue weighted by Gasteiger charge is 2.27. The molecule has 1 saturated carbocycles. The third kappa shape index (κ3) is 3.81. The van der Waals surface area contributed by atoms with Crippen molar-refractivity contribution in [2.45, 2.75) is 51.2 Å². The van der Waals surface area contributed by atoms with Gasteiger partial charge in [-0.1, -0.05) is 6.92 Å². The van der Waals surface area contributed by atoms with Gasteiger partial charge < -0.3 is 10.1 Å². The van der Waals surface area contributed by atoms with Gasteiger partial charge in [0.25, 0.3) is 0 Å². The normalized spacial score (nSPS) is 18.7. The molecule has 0 amide bonds. The van der Waals surface area contributed by atoms with Crippen LogP contribution in [0.4, 0.5) is 5.82 Å². The highest BCUT2D eigenvalue weighted by atomic mass is 16.5. The predicted molar refractivity (Wildman–Crippen MR) is 125 cm³/mol. The van der Waals surface area contributed by atoms with Crippen LogP contribution in [-0.2, 0) is 13.5 Å². The highest BCUT2D eigenvalue weighted by Crippen LogP contribution is 2.36. The lowest BCUT2D eigenvalue weighted by molar-refractivity contribution is 0.129. The first-order valence-corrected chi connectivity index (χ1v) is 11.3. The van der Waals surface area contributed by atoms with Crippen LogP contribution in [0.1, 0.15) is 44.3 Å². The Bertz CT molecular complexity index is 1220. The third-order valence-electron chi connectivity index (χ3n) is 6.29. The maximum absolute atomic E-state index is 6.34. The van der Waals surface area contributed by atoms with Crippen LogP contribution in [0.15, 0.2) is 43.0 Å². The number of pyridine rings is 2. The summed E-state index contributed by atoms with van der Waals surface area (Å²) in [5.41, 5.74) is 4.08. The largest absolute Gasteiger partial charge is 0.489 e. The molecular formula is C24H29N7O. The fourth-order valence-corrected chi connectivity index (χ4v) is 4.59. The molecular weight excluding hydrogens is 402 g/mol. The minimum absolute atomic E-state index is 0.218. The van der Waals surface area contributed by atoms with Crippen molar-refractivity contribution in [2.24, 2.45) is 7.05 Å². The summed E-state index contributed by atoms with van der Waals surface area (Å²) in [7, 11) is 3.82. The molecule has 8 nitrogen and oxygen atoms in total. The zero-order chi connectivity index (χ0) is 22.1. The third-order valence-corrected chi connectivity index (χ3v) is 6.29. The van der Waals surface area contributed by atoms with E-state index in [2.05, 4.69) is 38.1 Å². The Morgan fingerprint density at radius 3 is 2.72 bits per heavy atom. The van der Waals surface area contributed by atoms with Crippen LogP contribution < -0.4 is 10.1 Å². The molecule has 4 aromatic rings. The van der Waals surface area contributed by atoms with Gasteiger partial charge in [0, 0.05) is 49.7 Å².